The Kier molecular flexibility index (Phi) is 8.42. The minimum Gasteiger partial charge on any atom is -0.468 e. The van der Waals surface area contributed by atoms with Crippen LogP contribution in [0.2, 0.25) is 0 Å². The molecule has 0 aliphatic carbocycles. The van der Waals surface area contributed by atoms with E-state index in [0.717, 1.165) is 19.3 Å². The lowest BCUT2D eigenvalue weighted by Crippen LogP contribution is -2.38. The first kappa shape index (κ1) is 16.9. The van der Waals surface area contributed by atoms with Crippen LogP contribution in [0.25, 0.3) is 0 Å². The summed E-state index contributed by atoms with van der Waals surface area (Å²) in [4.78, 5) is 23.4. The number of carbonyl (C=O) groups is 2. The fraction of sp³-hybridized carbons (Fsp3) is 0.857. The molecule has 0 aromatic heterocycles. The molecule has 18 heavy (non-hydrogen) atoms. The van der Waals surface area contributed by atoms with Gasteiger partial charge in [-0.3, -0.25) is 9.59 Å². The maximum atomic E-state index is 11.7. The summed E-state index contributed by atoms with van der Waals surface area (Å²) in [6.07, 6.45) is 7.16. The maximum Gasteiger partial charge on any atom is 0.322 e. The molecule has 0 aromatic rings. The van der Waals surface area contributed by atoms with Gasteiger partial charge in [-0.15, -0.1) is 0 Å². The van der Waals surface area contributed by atoms with Crippen LogP contribution in [0, 0.1) is 5.41 Å². The molecule has 0 N–H and O–H groups in total. The van der Waals surface area contributed by atoms with E-state index in [4.69, 9.17) is 9.47 Å². The maximum absolute atomic E-state index is 11.7. The Morgan fingerprint density at radius 2 is 1.33 bits per heavy atom. The second-order valence-corrected chi connectivity index (χ2v) is 4.83. The second kappa shape index (κ2) is 8.95. The van der Waals surface area contributed by atoms with E-state index in [2.05, 4.69) is 6.92 Å². The van der Waals surface area contributed by atoms with Crippen LogP contribution < -0.4 is 0 Å². The lowest BCUT2D eigenvalue weighted by Gasteiger charge is -2.23. The van der Waals surface area contributed by atoms with Gasteiger partial charge in [-0.2, -0.15) is 0 Å². The number of rotatable bonds is 9. The average molecular weight is 258 g/mol. The first-order valence-corrected chi connectivity index (χ1v) is 6.69. The summed E-state index contributed by atoms with van der Waals surface area (Å²) in [6.45, 7) is 3.77. The van der Waals surface area contributed by atoms with Crippen LogP contribution in [0.1, 0.15) is 58.8 Å². The Morgan fingerprint density at radius 3 is 1.78 bits per heavy atom. The molecule has 4 nitrogen and oxygen atoms in total. The second-order valence-electron chi connectivity index (χ2n) is 4.83. The third kappa shape index (κ3) is 5.07. The first-order valence-electron chi connectivity index (χ1n) is 6.69. The van der Waals surface area contributed by atoms with E-state index >= 15 is 0 Å². The van der Waals surface area contributed by atoms with Gasteiger partial charge in [-0.1, -0.05) is 45.4 Å². The molecule has 0 saturated carbocycles. The van der Waals surface area contributed by atoms with Gasteiger partial charge in [0.15, 0.2) is 5.41 Å². The molecule has 0 bridgehead atoms. The molecule has 0 amide bonds. The Hall–Kier alpha value is -1.06. The zero-order valence-electron chi connectivity index (χ0n) is 12.1. The highest BCUT2D eigenvalue weighted by molar-refractivity contribution is 5.99. The van der Waals surface area contributed by atoms with Gasteiger partial charge in [0.1, 0.15) is 0 Å². The highest BCUT2D eigenvalue weighted by Crippen LogP contribution is 2.28. The van der Waals surface area contributed by atoms with Crippen molar-refractivity contribution >= 4 is 11.9 Å². The van der Waals surface area contributed by atoms with Crippen molar-refractivity contribution in [2.75, 3.05) is 14.2 Å². The quantitative estimate of drug-likeness (QED) is 0.362. The van der Waals surface area contributed by atoms with Crippen molar-refractivity contribution in [3.63, 3.8) is 0 Å². The van der Waals surface area contributed by atoms with Gasteiger partial charge in [0, 0.05) is 0 Å². The summed E-state index contributed by atoms with van der Waals surface area (Å²) in [5.41, 5.74) is -1.16. The van der Waals surface area contributed by atoms with E-state index < -0.39 is 17.4 Å². The molecule has 0 spiro atoms. The summed E-state index contributed by atoms with van der Waals surface area (Å²) in [5, 5.41) is 0. The number of methoxy groups -OCH3 is 2. The van der Waals surface area contributed by atoms with Crippen molar-refractivity contribution in [3.8, 4) is 0 Å². The Labute approximate surface area is 110 Å². The van der Waals surface area contributed by atoms with E-state index in [1.54, 1.807) is 6.92 Å². The van der Waals surface area contributed by atoms with Crippen LogP contribution in [0.15, 0.2) is 0 Å². The van der Waals surface area contributed by atoms with Gasteiger partial charge in [-0.05, 0) is 13.3 Å². The molecule has 0 saturated heterocycles. The number of unbranched alkanes of at least 4 members (excludes halogenated alkanes) is 5. The number of carbonyl (C=O) groups excluding carboxylic acids is 2. The number of ether oxygens (including phenoxy) is 2. The van der Waals surface area contributed by atoms with Crippen LogP contribution in [0.4, 0.5) is 0 Å². The van der Waals surface area contributed by atoms with E-state index in [0.29, 0.717) is 6.42 Å². The predicted molar refractivity (Wildman–Crippen MR) is 70.1 cm³/mol. The lowest BCUT2D eigenvalue weighted by molar-refractivity contribution is -0.168. The van der Waals surface area contributed by atoms with Gasteiger partial charge >= 0.3 is 11.9 Å². The SMILES string of the molecule is CCCCCCCCC(C)(C(=O)OC)C(=O)OC. The molecular formula is C14H26O4. The zero-order valence-corrected chi connectivity index (χ0v) is 12.1. The fourth-order valence-electron chi connectivity index (χ4n) is 2.00. The standard InChI is InChI=1S/C14H26O4/c1-5-6-7-8-9-10-11-14(2,12(15)17-3)13(16)18-4/h5-11H2,1-4H3. The first-order chi connectivity index (χ1) is 8.52. The largest absolute Gasteiger partial charge is 0.468 e. The topological polar surface area (TPSA) is 52.6 Å². The Bertz CT molecular complexity index is 245. The average Bonchev–Trinajstić information content (AvgIpc) is 2.40. The molecule has 0 aliphatic heterocycles. The van der Waals surface area contributed by atoms with Crippen LogP contribution in [0.5, 0.6) is 0 Å². The lowest BCUT2D eigenvalue weighted by atomic mass is 9.84. The van der Waals surface area contributed by atoms with Gasteiger partial charge in [0.2, 0.25) is 0 Å². The summed E-state index contributed by atoms with van der Waals surface area (Å²) >= 11 is 0. The van der Waals surface area contributed by atoms with Gasteiger partial charge in [0.25, 0.3) is 0 Å². The predicted octanol–water partition coefficient (Wildman–Crippen LogP) is 3.09. The van der Waals surface area contributed by atoms with Crippen LogP contribution in [-0.2, 0) is 19.1 Å². The minimum atomic E-state index is -1.16. The smallest absolute Gasteiger partial charge is 0.322 e. The van der Waals surface area contributed by atoms with Crippen molar-refractivity contribution in [3.05, 3.63) is 0 Å². The molecule has 0 rings (SSSR count). The highest BCUT2D eigenvalue weighted by atomic mass is 16.5. The fourth-order valence-corrected chi connectivity index (χ4v) is 2.00. The monoisotopic (exact) mass is 258 g/mol. The summed E-state index contributed by atoms with van der Waals surface area (Å²) in [5.74, 6) is -1.02. The molecule has 0 aliphatic rings. The van der Waals surface area contributed by atoms with Crippen molar-refractivity contribution in [2.24, 2.45) is 5.41 Å². The highest BCUT2D eigenvalue weighted by Gasteiger charge is 2.42. The van der Waals surface area contributed by atoms with Crippen molar-refractivity contribution in [2.45, 2.75) is 58.8 Å². The van der Waals surface area contributed by atoms with Crippen LogP contribution in [-0.4, -0.2) is 26.2 Å². The molecule has 0 atom stereocenters. The van der Waals surface area contributed by atoms with E-state index in [1.807, 2.05) is 0 Å². The number of hydrogen-bond donors (Lipinski definition) is 0. The third-order valence-electron chi connectivity index (χ3n) is 3.30. The van der Waals surface area contributed by atoms with Crippen LogP contribution in [0.3, 0.4) is 0 Å². The van der Waals surface area contributed by atoms with E-state index in [1.165, 1.54) is 33.5 Å². The van der Waals surface area contributed by atoms with Crippen molar-refractivity contribution in [1.29, 1.82) is 0 Å². The van der Waals surface area contributed by atoms with E-state index in [-0.39, 0.29) is 0 Å². The molecular weight excluding hydrogens is 232 g/mol. The third-order valence-corrected chi connectivity index (χ3v) is 3.30. The zero-order chi connectivity index (χ0) is 14.0. The number of esters is 2. The van der Waals surface area contributed by atoms with Gasteiger partial charge in [0.05, 0.1) is 14.2 Å². The van der Waals surface area contributed by atoms with Crippen molar-refractivity contribution in [1.82, 2.24) is 0 Å². The van der Waals surface area contributed by atoms with E-state index in [9.17, 15) is 9.59 Å². The minimum absolute atomic E-state index is 0.485. The summed E-state index contributed by atoms with van der Waals surface area (Å²) in [7, 11) is 2.59. The van der Waals surface area contributed by atoms with Gasteiger partial charge in [-0.25, -0.2) is 0 Å². The van der Waals surface area contributed by atoms with Crippen LogP contribution >= 0.6 is 0 Å². The van der Waals surface area contributed by atoms with Crippen molar-refractivity contribution < 1.29 is 19.1 Å². The molecule has 0 fully saturated rings. The Balaban J connectivity index is 4.19. The molecule has 4 heteroatoms. The molecule has 0 radical (unpaired) electrons. The molecule has 106 valence electrons. The molecule has 0 heterocycles. The normalized spacial score (nSPS) is 11.1. The number of hydrogen-bond acceptors (Lipinski definition) is 4. The molecule has 0 unspecified atom stereocenters. The summed E-state index contributed by atoms with van der Waals surface area (Å²) in [6, 6.07) is 0. The Morgan fingerprint density at radius 1 is 0.889 bits per heavy atom. The summed E-state index contributed by atoms with van der Waals surface area (Å²) < 4.78 is 9.39. The molecule has 0 aromatic carbocycles. The van der Waals surface area contributed by atoms with Gasteiger partial charge < -0.3 is 9.47 Å².